The number of guanidine groups is 1. The molecule has 1 fully saturated rings. The van der Waals surface area contributed by atoms with Gasteiger partial charge in [-0.2, -0.15) is 0 Å². The standard InChI is InChI=1S/C21H35N3O2.HI/c1-4-13-26-19-9-6-8-18(15-19)16-23-20(22-5-2)24-17-21(10-7-11-21)12-14-25-3;/h6,8-9,15H,4-5,7,10-14,16-17H2,1-3H3,(H2,22,23,24);1H. The fourth-order valence-electron chi connectivity index (χ4n) is 3.25. The summed E-state index contributed by atoms with van der Waals surface area (Å²) in [4.78, 5) is 4.75. The number of aliphatic imine (C=N–C) groups is 1. The smallest absolute Gasteiger partial charge is 0.191 e. The van der Waals surface area contributed by atoms with Gasteiger partial charge in [0.1, 0.15) is 5.75 Å². The first-order valence-electron chi connectivity index (χ1n) is 9.94. The highest BCUT2D eigenvalue weighted by Crippen LogP contribution is 2.43. The molecule has 0 saturated heterocycles. The number of nitrogens with one attached hydrogen (secondary N) is 2. The summed E-state index contributed by atoms with van der Waals surface area (Å²) in [6.45, 7) is 8.26. The molecule has 0 unspecified atom stereocenters. The number of hydrogen-bond donors (Lipinski definition) is 2. The zero-order chi connectivity index (χ0) is 18.7. The Morgan fingerprint density at radius 2 is 2.00 bits per heavy atom. The molecule has 0 spiro atoms. The van der Waals surface area contributed by atoms with Crippen molar-refractivity contribution in [3.63, 3.8) is 0 Å². The number of rotatable bonds is 11. The van der Waals surface area contributed by atoms with Gasteiger partial charge in [-0.05, 0) is 55.7 Å². The van der Waals surface area contributed by atoms with Crippen molar-refractivity contribution < 1.29 is 9.47 Å². The summed E-state index contributed by atoms with van der Waals surface area (Å²) >= 11 is 0. The molecule has 6 heteroatoms. The topological polar surface area (TPSA) is 54.9 Å². The third-order valence-corrected chi connectivity index (χ3v) is 5.02. The predicted molar refractivity (Wildman–Crippen MR) is 123 cm³/mol. The van der Waals surface area contributed by atoms with Crippen LogP contribution in [0.5, 0.6) is 5.75 Å². The van der Waals surface area contributed by atoms with Gasteiger partial charge in [0.25, 0.3) is 0 Å². The fraction of sp³-hybridized carbons (Fsp3) is 0.667. The molecular formula is C21H36IN3O2. The maximum Gasteiger partial charge on any atom is 0.191 e. The van der Waals surface area contributed by atoms with Gasteiger partial charge in [-0.15, -0.1) is 24.0 Å². The second kappa shape index (κ2) is 13.2. The molecule has 0 heterocycles. The van der Waals surface area contributed by atoms with E-state index in [4.69, 9.17) is 14.5 Å². The van der Waals surface area contributed by atoms with Crippen molar-refractivity contribution in [1.82, 2.24) is 10.6 Å². The quantitative estimate of drug-likeness (QED) is 0.276. The molecule has 0 atom stereocenters. The van der Waals surface area contributed by atoms with Crippen molar-refractivity contribution in [2.45, 2.75) is 52.5 Å². The Bertz CT molecular complexity index is 562. The Morgan fingerprint density at radius 3 is 2.63 bits per heavy atom. The molecule has 0 aliphatic heterocycles. The highest BCUT2D eigenvalue weighted by molar-refractivity contribution is 14.0. The Kier molecular flexibility index (Phi) is 11.7. The highest BCUT2D eigenvalue weighted by Gasteiger charge is 2.36. The van der Waals surface area contributed by atoms with E-state index in [1.54, 1.807) is 7.11 Å². The molecular weight excluding hydrogens is 453 g/mol. The Labute approximate surface area is 181 Å². The van der Waals surface area contributed by atoms with Crippen LogP contribution in [0.3, 0.4) is 0 Å². The van der Waals surface area contributed by atoms with Crippen LogP contribution < -0.4 is 15.4 Å². The largest absolute Gasteiger partial charge is 0.494 e. The first kappa shape index (κ1) is 24.0. The van der Waals surface area contributed by atoms with Crippen molar-refractivity contribution in [1.29, 1.82) is 0 Å². The zero-order valence-electron chi connectivity index (χ0n) is 17.1. The lowest BCUT2D eigenvalue weighted by molar-refractivity contribution is 0.0732. The Balaban J connectivity index is 0.00000364. The summed E-state index contributed by atoms with van der Waals surface area (Å²) in [6.07, 6.45) is 6.01. The second-order valence-corrected chi connectivity index (χ2v) is 7.14. The van der Waals surface area contributed by atoms with Crippen LogP contribution in [0.1, 0.15) is 51.5 Å². The van der Waals surface area contributed by atoms with Gasteiger partial charge in [-0.1, -0.05) is 25.5 Å². The summed E-state index contributed by atoms with van der Waals surface area (Å²) in [7, 11) is 1.78. The maximum atomic E-state index is 5.71. The van der Waals surface area contributed by atoms with Crippen LogP contribution in [0, 0.1) is 5.41 Å². The van der Waals surface area contributed by atoms with E-state index >= 15 is 0 Å². The summed E-state index contributed by atoms with van der Waals surface area (Å²) in [6, 6.07) is 8.21. The third-order valence-electron chi connectivity index (χ3n) is 5.02. The number of benzene rings is 1. The SMILES string of the molecule is CCCOc1cccc(CN=C(NCC)NCC2(CCOC)CCC2)c1.I. The summed E-state index contributed by atoms with van der Waals surface area (Å²) in [5, 5.41) is 6.90. The van der Waals surface area contributed by atoms with E-state index in [1.165, 1.54) is 19.3 Å². The second-order valence-electron chi connectivity index (χ2n) is 7.14. The first-order valence-corrected chi connectivity index (χ1v) is 9.94. The molecule has 0 bridgehead atoms. The Morgan fingerprint density at radius 1 is 1.19 bits per heavy atom. The van der Waals surface area contributed by atoms with Gasteiger partial charge >= 0.3 is 0 Å². The van der Waals surface area contributed by atoms with Crippen molar-refractivity contribution >= 4 is 29.9 Å². The van der Waals surface area contributed by atoms with Crippen LogP contribution in [0.25, 0.3) is 0 Å². The van der Waals surface area contributed by atoms with E-state index in [0.717, 1.165) is 56.4 Å². The highest BCUT2D eigenvalue weighted by atomic mass is 127. The van der Waals surface area contributed by atoms with Gasteiger partial charge in [-0.3, -0.25) is 0 Å². The van der Waals surface area contributed by atoms with E-state index in [1.807, 2.05) is 12.1 Å². The van der Waals surface area contributed by atoms with Crippen LogP contribution in [0.2, 0.25) is 0 Å². The molecule has 2 N–H and O–H groups in total. The minimum atomic E-state index is 0. The predicted octanol–water partition coefficient (Wildman–Crippen LogP) is 4.36. The average molecular weight is 489 g/mol. The van der Waals surface area contributed by atoms with Crippen LogP contribution in [-0.2, 0) is 11.3 Å². The lowest BCUT2D eigenvalue weighted by Crippen LogP contribution is -2.46. The molecule has 0 radical (unpaired) electrons. The lowest BCUT2D eigenvalue weighted by Gasteiger charge is -2.42. The minimum absolute atomic E-state index is 0. The Hall–Kier alpha value is -1.02. The molecule has 1 aromatic rings. The monoisotopic (exact) mass is 489 g/mol. The van der Waals surface area contributed by atoms with Gasteiger partial charge in [0.05, 0.1) is 13.2 Å². The molecule has 1 aliphatic rings. The summed E-state index contributed by atoms with van der Waals surface area (Å²) in [5.74, 6) is 1.81. The third kappa shape index (κ3) is 8.25. The van der Waals surface area contributed by atoms with Crippen LogP contribution in [-0.4, -0.2) is 39.4 Å². The van der Waals surface area contributed by atoms with E-state index in [0.29, 0.717) is 12.0 Å². The molecule has 1 aromatic carbocycles. The molecule has 1 aliphatic carbocycles. The number of ether oxygens (including phenoxy) is 2. The molecule has 154 valence electrons. The van der Waals surface area contributed by atoms with Crippen molar-refractivity contribution in [3.8, 4) is 5.75 Å². The van der Waals surface area contributed by atoms with E-state index in [-0.39, 0.29) is 24.0 Å². The maximum absolute atomic E-state index is 5.71. The number of methoxy groups -OCH3 is 1. The fourth-order valence-corrected chi connectivity index (χ4v) is 3.25. The van der Waals surface area contributed by atoms with Gasteiger partial charge in [0.2, 0.25) is 0 Å². The first-order chi connectivity index (χ1) is 12.7. The van der Waals surface area contributed by atoms with Gasteiger partial charge in [0.15, 0.2) is 5.96 Å². The average Bonchev–Trinajstić information content (AvgIpc) is 2.63. The molecule has 27 heavy (non-hydrogen) atoms. The van der Waals surface area contributed by atoms with Crippen LogP contribution in [0.4, 0.5) is 0 Å². The molecule has 0 aromatic heterocycles. The molecule has 1 saturated carbocycles. The normalized spacial score (nSPS) is 15.4. The molecule has 0 amide bonds. The molecule has 5 nitrogen and oxygen atoms in total. The van der Waals surface area contributed by atoms with Crippen molar-refractivity contribution in [2.75, 3.05) is 33.4 Å². The zero-order valence-corrected chi connectivity index (χ0v) is 19.4. The van der Waals surface area contributed by atoms with Crippen LogP contribution in [0.15, 0.2) is 29.3 Å². The van der Waals surface area contributed by atoms with Gasteiger partial charge < -0.3 is 20.1 Å². The van der Waals surface area contributed by atoms with E-state index in [2.05, 4.69) is 36.6 Å². The van der Waals surface area contributed by atoms with Gasteiger partial charge in [0, 0.05) is 26.8 Å². The van der Waals surface area contributed by atoms with Crippen LogP contribution >= 0.6 is 24.0 Å². The minimum Gasteiger partial charge on any atom is -0.494 e. The lowest BCUT2D eigenvalue weighted by atomic mass is 9.67. The van der Waals surface area contributed by atoms with Gasteiger partial charge in [-0.25, -0.2) is 4.99 Å². The molecule has 2 rings (SSSR count). The van der Waals surface area contributed by atoms with E-state index in [9.17, 15) is 0 Å². The van der Waals surface area contributed by atoms with E-state index < -0.39 is 0 Å². The summed E-state index contributed by atoms with van der Waals surface area (Å²) < 4.78 is 11.0. The number of hydrogen-bond acceptors (Lipinski definition) is 3. The van der Waals surface area contributed by atoms with Crippen molar-refractivity contribution in [3.05, 3.63) is 29.8 Å². The number of nitrogens with zero attached hydrogens (tertiary/aromatic N) is 1. The number of halogens is 1. The van der Waals surface area contributed by atoms with Crippen molar-refractivity contribution in [2.24, 2.45) is 10.4 Å². The summed E-state index contributed by atoms with van der Waals surface area (Å²) in [5.41, 5.74) is 1.54.